The molecular formula is C11H13ClO3. The van der Waals surface area contributed by atoms with Gasteiger partial charge in [-0.2, -0.15) is 0 Å². The first-order chi connectivity index (χ1) is 7.20. The number of methoxy groups -OCH3 is 1. The molecule has 0 bridgehead atoms. The van der Waals surface area contributed by atoms with Gasteiger partial charge >= 0.3 is 5.97 Å². The number of ether oxygens (including phenoxy) is 2. The second-order valence-electron chi connectivity index (χ2n) is 2.86. The first-order valence-corrected chi connectivity index (χ1v) is 5.08. The lowest BCUT2D eigenvalue weighted by molar-refractivity contribution is -0.140. The number of carbonyl (C=O) groups excluding carboxylic acids is 1. The predicted molar refractivity (Wildman–Crippen MR) is 58.2 cm³/mol. The Morgan fingerprint density at radius 1 is 1.47 bits per heavy atom. The monoisotopic (exact) mass is 228 g/mol. The molecule has 0 amide bonds. The van der Waals surface area contributed by atoms with Crippen LogP contribution < -0.4 is 4.74 Å². The third kappa shape index (κ3) is 2.86. The first-order valence-electron chi connectivity index (χ1n) is 4.64. The molecule has 0 radical (unpaired) electrons. The highest BCUT2D eigenvalue weighted by Gasteiger charge is 2.21. The molecule has 3 nitrogen and oxygen atoms in total. The van der Waals surface area contributed by atoms with Crippen LogP contribution in [0.15, 0.2) is 24.3 Å². The smallest absolute Gasteiger partial charge is 0.328 e. The van der Waals surface area contributed by atoms with Gasteiger partial charge in [0.2, 0.25) is 0 Å². The van der Waals surface area contributed by atoms with Gasteiger partial charge in [0.05, 0.1) is 13.7 Å². The number of carbonyl (C=O) groups is 1. The number of alkyl halides is 1. The van der Waals surface area contributed by atoms with Crippen molar-refractivity contribution in [1.82, 2.24) is 0 Å². The van der Waals surface area contributed by atoms with Crippen molar-refractivity contribution in [3.8, 4) is 5.75 Å². The Bertz CT molecular complexity index is 338. The van der Waals surface area contributed by atoms with E-state index in [1.165, 1.54) is 7.11 Å². The Balaban J connectivity index is 2.96. The highest BCUT2D eigenvalue weighted by atomic mass is 35.5. The molecule has 0 aliphatic rings. The number of rotatable bonds is 4. The fourth-order valence-corrected chi connectivity index (χ4v) is 1.48. The molecule has 4 heteroatoms. The summed E-state index contributed by atoms with van der Waals surface area (Å²) in [6, 6.07) is 7.16. The summed E-state index contributed by atoms with van der Waals surface area (Å²) in [5, 5.41) is -0.822. The maximum atomic E-state index is 11.3. The first kappa shape index (κ1) is 11.9. The summed E-state index contributed by atoms with van der Waals surface area (Å²) in [6.07, 6.45) is 0. The van der Waals surface area contributed by atoms with Gasteiger partial charge < -0.3 is 9.47 Å². The topological polar surface area (TPSA) is 35.5 Å². The van der Waals surface area contributed by atoms with Gasteiger partial charge in [0.25, 0.3) is 0 Å². The molecule has 0 spiro atoms. The van der Waals surface area contributed by atoms with Crippen LogP contribution in [0.5, 0.6) is 5.75 Å². The molecular weight excluding hydrogens is 216 g/mol. The van der Waals surface area contributed by atoms with Crippen LogP contribution in [0.3, 0.4) is 0 Å². The molecule has 1 rings (SSSR count). The number of esters is 1. The van der Waals surface area contributed by atoms with Crippen molar-refractivity contribution in [2.75, 3.05) is 13.7 Å². The zero-order valence-electron chi connectivity index (χ0n) is 8.70. The van der Waals surface area contributed by atoms with Crippen molar-refractivity contribution in [2.24, 2.45) is 0 Å². The van der Waals surface area contributed by atoms with E-state index < -0.39 is 11.3 Å². The van der Waals surface area contributed by atoms with Crippen molar-refractivity contribution in [2.45, 2.75) is 12.3 Å². The van der Waals surface area contributed by atoms with Gasteiger partial charge in [0.15, 0.2) is 5.38 Å². The number of para-hydroxylation sites is 1. The lowest BCUT2D eigenvalue weighted by Crippen LogP contribution is -2.10. The maximum Gasteiger partial charge on any atom is 0.328 e. The largest absolute Gasteiger partial charge is 0.494 e. The average Bonchev–Trinajstić information content (AvgIpc) is 2.28. The lowest BCUT2D eigenvalue weighted by Gasteiger charge is -2.12. The van der Waals surface area contributed by atoms with E-state index in [9.17, 15) is 4.79 Å². The Kier molecular flexibility index (Phi) is 4.43. The Hall–Kier alpha value is -1.22. The molecule has 1 aromatic rings. The summed E-state index contributed by atoms with van der Waals surface area (Å²) in [5.74, 6) is 0.134. The van der Waals surface area contributed by atoms with Gasteiger partial charge in [-0.05, 0) is 13.0 Å². The summed E-state index contributed by atoms with van der Waals surface area (Å²) in [4.78, 5) is 11.3. The second-order valence-corrected chi connectivity index (χ2v) is 3.29. The molecule has 0 saturated heterocycles. The van der Waals surface area contributed by atoms with E-state index in [1.54, 1.807) is 18.2 Å². The highest BCUT2D eigenvalue weighted by Crippen LogP contribution is 2.30. The molecule has 0 aliphatic carbocycles. The van der Waals surface area contributed by atoms with Crippen LogP contribution in [0, 0.1) is 0 Å². The van der Waals surface area contributed by atoms with Crippen molar-refractivity contribution in [3.05, 3.63) is 29.8 Å². The molecule has 0 aliphatic heterocycles. The van der Waals surface area contributed by atoms with Gasteiger partial charge in [-0.3, -0.25) is 4.79 Å². The summed E-state index contributed by atoms with van der Waals surface area (Å²) in [6.45, 7) is 2.40. The average molecular weight is 229 g/mol. The third-order valence-corrected chi connectivity index (χ3v) is 2.31. The number of benzene rings is 1. The van der Waals surface area contributed by atoms with Crippen LogP contribution in [-0.4, -0.2) is 19.7 Å². The minimum Gasteiger partial charge on any atom is -0.494 e. The number of hydrogen-bond acceptors (Lipinski definition) is 3. The fourth-order valence-electron chi connectivity index (χ4n) is 1.21. The standard InChI is InChI=1S/C11H13ClO3/c1-3-15-9-7-5-4-6-8(9)10(12)11(13)14-2/h4-7,10H,3H2,1-2H3. The van der Waals surface area contributed by atoms with Crippen LogP contribution in [0.25, 0.3) is 0 Å². The molecule has 0 fully saturated rings. The Morgan fingerprint density at radius 2 is 2.13 bits per heavy atom. The van der Waals surface area contributed by atoms with Crippen LogP contribution in [0.1, 0.15) is 17.9 Å². The van der Waals surface area contributed by atoms with Crippen molar-refractivity contribution in [1.29, 1.82) is 0 Å². The minimum absolute atomic E-state index is 0.483. The van der Waals surface area contributed by atoms with Crippen molar-refractivity contribution >= 4 is 17.6 Å². The molecule has 0 heterocycles. The summed E-state index contributed by atoms with van der Waals surface area (Å²) in [7, 11) is 1.31. The van der Waals surface area contributed by atoms with Crippen molar-refractivity contribution < 1.29 is 14.3 Å². The van der Waals surface area contributed by atoms with Crippen molar-refractivity contribution in [3.63, 3.8) is 0 Å². The number of hydrogen-bond donors (Lipinski definition) is 0. The lowest BCUT2D eigenvalue weighted by atomic mass is 10.1. The molecule has 1 unspecified atom stereocenters. The zero-order chi connectivity index (χ0) is 11.3. The van der Waals surface area contributed by atoms with E-state index in [4.69, 9.17) is 16.3 Å². The normalized spacial score (nSPS) is 11.9. The molecule has 82 valence electrons. The zero-order valence-corrected chi connectivity index (χ0v) is 9.45. The molecule has 1 atom stereocenters. The highest BCUT2D eigenvalue weighted by molar-refractivity contribution is 6.30. The quantitative estimate of drug-likeness (QED) is 0.587. The van der Waals surface area contributed by atoms with Crippen LogP contribution >= 0.6 is 11.6 Å². The Morgan fingerprint density at radius 3 is 2.73 bits per heavy atom. The van der Waals surface area contributed by atoms with E-state index >= 15 is 0 Å². The van der Waals surface area contributed by atoms with Gasteiger partial charge in [0, 0.05) is 5.56 Å². The summed E-state index contributed by atoms with van der Waals surface area (Å²) in [5.41, 5.74) is 0.632. The van der Waals surface area contributed by atoms with E-state index in [0.29, 0.717) is 17.9 Å². The second kappa shape index (κ2) is 5.61. The van der Waals surface area contributed by atoms with Gasteiger partial charge in [-0.1, -0.05) is 18.2 Å². The molecule has 1 aromatic carbocycles. The van der Waals surface area contributed by atoms with E-state index in [2.05, 4.69) is 4.74 Å². The molecule has 15 heavy (non-hydrogen) atoms. The van der Waals surface area contributed by atoms with Gasteiger partial charge in [-0.25, -0.2) is 0 Å². The van der Waals surface area contributed by atoms with E-state index in [-0.39, 0.29) is 0 Å². The predicted octanol–water partition coefficient (Wildman–Crippen LogP) is 2.54. The Labute approximate surface area is 93.9 Å². The van der Waals surface area contributed by atoms with Gasteiger partial charge in [0.1, 0.15) is 5.75 Å². The SMILES string of the molecule is CCOc1ccccc1C(Cl)C(=O)OC. The van der Waals surface area contributed by atoms with Crippen LogP contribution in [-0.2, 0) is 9.53 Å². The van der Waals surface area contributed by atoms with Crippen LogP contribution in [0.2, 0.25) is 0 Å². The fraction of sp³-hybridized carbons (Fsp3) is 0.364. The minimum atomic E-state index is -0.822. The van der Waals surface area contributed by atoms with Gasteiger partial charge in [-0.15, -0.1) is 11.6 Å². The number of halogens is 1. The molecule has 0 saturated carbocycles. The summed E-state index contributed by atoms with van der Waals surface area (Å²) >= 11 is 5.94. The molecule has 0 aromatic heterocycles. The summed E-state index contributed by atoms with van der Waals surface area (Å²) < 4.78 is 9.93. The maximum absolute atomic E-state index is 11.3. The van der Waals surface area contributed by atoms with Crippen LogP contribution in [0.4, 0.5) is 0 Å². The molecule has 0 N–H and O–H groups in total. The van der Waals surface area contributed by atoms with E-state index in [0.717, 1.165) is 0 Å². The third-order valence-electron chi connectivity index (χ3n) is 1.90. The van der Waals surface area contributed by atoms with E-state index in [1.807, 2.05) is 13.0 Å².